The molecule has 2 heterocycles. The fourth-order valence-corrected chi connectivity index (χ4v) is 4.25. The van der Waals surface area contributed by atoms with E-state index in [0.29, 0.717) is 38.9 Å². The summed E-state index contributed by atoms with van der Waals surface area (Å²) in [6.07, 6.45) is 0. The Bertz CT molecular complexity index is 1040. The minimum Gasteiger partial charge on any atom is -0.496 e. The fraction of sp³-hybridized carbons (Fsp3) is 0.222. The van der Waals surface area contributed by atoms with Crippen molar-refractivity contribution in [1.82, 2.24) is 14.8 Å². The van der Waals surface area contributed by atoms with Gasteiger partial charge in [-0.05, 0) is 36.6 Å². The van der Waals surface area contributed by atoms with E-state index in [2.05, 4.69) is 15.5 Å². The van der Waals surface area contributed by atoms with Crippen molar-refractivity contribution in [3.63, 3.8) is 0 Å². The summed E-state index contributed by atoms with van der Waals surface area (Å²) in [5.41, 5.74) is 1.19. The van der Waals surface area contributed by atoms with Crippen LogP contribution in [0.1, 0.15) is 12.5 Å². The number of hydrogen-bond acceptors (Lipinski definition) is 7. The van der Waals surface area contributed by atoms with Gasteiger partial charge in [0, 0.05) is 11.6 Å². The Kier molecular flexibility index (Phi) is 6.57. The molecule has 0 radical (unpaired) electrons. The minimum atomic E-state index is -0.212. The maximum Gasteiger partial charge on any atom is 0.235 e. The molecule has 0 saturated heterocycles. The Hall–Kier alpha value is -2.54. The molecule has 0 unspecified atom stereocenters. The Balaban J connectivity index is 1.77. The largest absolute Gasteiger partial charge is 0.496 e. The zero-order valence-corrected chi connectivity index (χ0v) is 17.5. The summed E-state index contributed by atoms with van der Waals surface area (Å²) < 4.78 is 7.31. The molecular weight excluding hydrogens is 418 g/mol. The highest BCUT2D eigenvalue weighted by Crippen LogP contribution is 2.33. The number of carbonyl (C=O) groups is 1. The van der Waals surface area contributed by atoms with E-state index in [-0.39, 0.29) is 11.7 Å². The molecule has 3 aromatic rings. The van der Waals surface area contributed by atoms with Crippen LogP contribution in [0.2, 0.25) is 5.02 Å². The first-order chi connectivity index (χ1) is 13.6. The molecule has 144 valence electrons. The molecule has 1 N–H and O–H groups in total. The van der Waals surface area contributed by atoms with Crippen molar-refractivity contribution < 1.29 is 9.53 Å². The van der Waals surface area contributed by atoms with E-state index in [9.17, 15) is 4.79 Å². The lowest BCUT2D eigenvalue weighted by molar-refractivity contribution is -0.113. The standard InChI is InChI=1S/C18H16ClN5O2S2/c1-3-24-16(13-8-12(19)4-5-14(13)26-2)22-23-18(24)28-10-15(25)21-17-11(9-20)6-7-27-17/h4-8H,3,10H2,1-2H3,(H,21,25). The molecule has 1 aromatic carbocycles. The zero-order valence-electron chi connectivity index (χ0n) is 15.1. The van der Waals surface area contributed by atoms with Gasteiger partial charge in [-0.25, -0.2) is 0 Å². The molecule has 7 nitrogen and oxygen atoms in total. The number of hydrogen-bond donors (Lipinski definition) is 1. The van der Waals surface area contributed by atoms with Crippen LogP contribution in [-0.4, -0.2) is 33.5 Å². The Morgan fingerprint density at radius 2 is 2.25 bits per heavy atom. The summed E-state index contributed by atoms with van der Waals surface area (Å²) in [7, 11) is 1.58. The number of methoxy groups -OCH3 is 1. The van der Waals surface area contributed by atoms with E-state index in [1.54, 1.807) is 36.8 Å². The number of thiophene rings is 1. The van der Waals surface area contributed by atoms with E-state index < -0.39 is 0 Å². The van der Waals surface area contributed by atoms with Gasteiger partial charge in [0.15, 0.2) is 11.0 Å². The van der Waals surface area contributed by atoms with Crippen LogP contribution >= 0.6 is 34.7 Å². The van der Waals surface area contributed by atoms with Crippen LogP contribution in [0.5, 0.6) is 5.75 Å². The van der Waals surface area contributed by atoms with Crippen LogP contribution in [0.4, 0.5) is 5.00 Å². The van der Waals surface area contributed by atoms with E-state index in [0.717, 1.165) is 5.56 Å². The van der Waals surface area contributed by atoms with Crippen molar-refractivity contribution in [3.05, 3.63) is 40.2 Å². The average molecular weight is 434 g/mol. The van der Waals surface area contributed by atoms with E-state index in [1.165, 1.54) is 23.1 Å². The fourth-order valence-electron chi connectivity index (χ4n) is 2.52. The van der Waals surface area contributed by atoms with Gasteiger partial charge in [0.25, 0.3) is 0 Å². The highest BCUT2D eigenvalue weighted by atomic mass is 35.5. The summed E-state index contributed by atoms with van der Waals surface area (Å²) in [6.45, 7) is 2.59. The topological polar surface area (TPSA) is 92.8 Å². The number of anilines is 1. The molecule has 0 aliphatic heterocycles. The molecule has 28 heavy (non-hydrogen) atoms. The number of thioether (sulfide) groups is 1. The third kappa shape index (κ3) is 4.30. The van der Waals surface area contributed by atoms with Crippen molar-refractivity contribution in [2.45, 2.75) is 18.6 Å². The molecule has 3 rings (SSSR count). The first kappa shape index (κ1) is 20.2. The van der Waals surface area contributed by atoms with Crippen molar-refractivity contribution >= 4 is 45.6 Å². The second-order valence-corrected chi connectivity index (χ2v) is 7.80. The highest BCUT2D eigenvalue weighted by molar-refractivity contribution is 7.99. The molecule has 10 heteroatoms. The smallest absolute Gasteiger partial charge is 0.235 e. The molecule has 0 aliphatic rings. The van der Waals surface area contributed by atoms with Crippen molar-refractivity contribution in [3.8, 4) is 23.2 Å². The van der Waals surface area contributed by atoms with Gasteiger partial charge in [0.05, 0.1) is 24.0 Å². The molecule has 0 spiro atoms. The predicted molar refractivity (Wildman–Crippen MR) is 111 cm³/mol. The van der Waals surface area contributed by atoms with Crippen LogP contribution in [-0.2, 0) is 11.3 Å². The number of ether oxygens (including phenoxy) is 1. The lowest BCUT2D eigenvalue weighted by Crippen LogP contribution is -2.14. The zero-order chi connectivity index (χ0) is 20.1. The summed E-state index contributed by atoms with van der Waals surface area (Å²) in [5, 5.41) is 23.8. The average Bonchev–Trinajstić information content (AvgIpc) is 3.32. The number of benzene rings is 1. The number of rotatable bonds is 7. The Morgan fingerprint density at radius 1 is 1.43 bits per heavy atom. The molecule has 0 aliphatic carbocycles. The first-order valence-corrected chi connectivity index (χ1v) is 10.5. The van der Waals surface area contributed by atoms with Gasteiger partial charge in [-0.15, -0.1) is 21.5 Å². The minimum absolute atomic E-state index is 0.146. The number of halogens is 1. The molecule has 0 bridgehead atoms. The van der Waals surface area contributed by atoms with Crippen LogP contribution in [0, 0.1) is 11.3 Å². The normalized spacial score (nSPS) is 10.5. The molecule has 0 saturated carbocycles. The molecule has 1 amide bonds. The van der Waals surface area contributed by atoms with Crippen molar-refractivity contribution in [1.29, 1.82) is 5.26 Å². The van der Waals surface area contributed by atoms with Crippen LogP contribution < -0.4 is 10.1 Å². The lowest BCUT2D eigenvalue weighted by Gasteiger charge is -2.11. The number of amides is 1. The number of carbonyl (C=O) groups excluding carboxylic acids is 1. The van der Waals surface area contributed by atoms with Gasteiger partial charge >= 0.3 is 0 Å². The molecular formula is C18H16ClN5O2S2. The van der Waals surface area contributed by atoms with Gasteiger partial charge < -0.3 is 14.6 Å². The van der Waals surface area contributed by atoms with Crippen LogP contribution in [0.3, 0.4) is 0 Å². The summed E-state index contributed by atoms with van der Waals surface area (Å²) in [6, 6.07) is 9.02. The van der Waals surface area contributed by atoms with E-state index >= 15 is 0 Å². The highest BCUT2D eigenvalue weighted by Gasteiger charge is 2.18. The van der Waals surface area contributed by atoms with Gasteiger partial charge in [-0.2, -0.15) is 5.26 Å². The number of nitriles is 1. The first-order valence-electron chi connectivity index (χ1n) is 8.24. The van der Waals surface area contributed by atoms with Gasteiger partial charge in [-0.3, -0.25) is 4.79 Å². The third-order valence-corrected chi connectivity index (χ3v) is 5.84. The van der Waals surface area contributed by atoms with Crippen molar-refractivity contribution in [2.75, 3.05) is 18.2 Å². The second kappa shape index (κ2) is 9.10. The lowest BCUT2D eigenvalue weighted by atomic mass is 10.2. The predicted octanol–water partition coefficient (Wildman–Crippen LogP) is 4.29. The second-order valence-electron chi connectivity index (χ2n) is 5.51. The quantitative estimate of drug-likeness (QED) is 0.558. The van der Waals surface area contributed by atoms with Gasteiger partial charge in [0.1, 0.15) is 16.8 Å². The van der Waals surface area contributed by atoms with E-state index in [4.69, 9.17) is 21.6 Å². The Labute approximate surface area is 175 Å². The van der Waals surface area contributed by atoms with Gasteiger partial charge in [0.2, 0.25) is 5.91 Å². The maximum absolute atomic E-state index is 12.2. The van der Waals surface area contributed by atoms with Crippen molar-refractivity contribution in [2.24, 2.45) is 0 Å². The summed E-state index contributed by atoms with van der Waals surface area (Å²) in [4.78, 5) is 12.2. The number of aromatic nitrogens is 3. The van der Waals surface area contributed by atoms with Gasteiger partial charge in [-0.1, -0.05) is 23.4 Å². The van der Waals surface area contributed by atoms with Crippen LogP contribution in [0.25, 0.3) is 11.4 Å². The SMILES string of the molecule is CCn1c(SCC(=O)Nc2sccc2C#N)nnc1-c1cc(Cl)ccc1OC. The monoisotopic (exact) mass is 433 g/mol. The van der Waals surface area contributed by atoms with E-state index in [1.807, 2.05) is 17.6 Å². The molecule has 0 atom stereocenters. The number of nitrogens with one attached hydrogen (secondary N) is 1. The van der Waals surface area contributed by atoms with Crippen LogP contribution in [0.15, 0.2) is 34.8 Å². The molecule has 2 aromatic heterocycles. The summed E-state index contributed by atoms with van der Waals surface area (Å²) in [5.74, 6) is 1.20. The third-order valence-electron chi connectivity index (χ3n) is 3.81. The number of nitrogens with zero attached hydrogens (tertiary/aromatic N) is 4. The summed E-state index contributed by atoms with van der Waals surface area (Å²) >= 11 is 8.72. The maximum atomic E-state index is 12.2. The molecule has 0 fully saturated rings. The Morgan fingerprint density at radius 3 is 2.96 bits per heavy atom.